The van der Waals surface area contributed by atoms with Gasteiger partial charge in [0.15, 0.2) is 6.10 Å². The standard InChI is InChI=1S/C17H27NO2/c1-7-15(17(19)18-14(6)11(2)3)20-16-10-8-9-12(4)13(16)5/h8-11,14-15H,7H2,1-6H3,(H,18,19)/t14-,15+/m0/s1. The molecule has 0 bridgehead atoms. The van der Waals surface area contributed by atoms with Crippen LogP contribution in [0.1, 0.15) is 45.2 Å². The number of ether oxygens (including phenoxy) is 1. The van der Waals surface area contributed by atoms with Crippen molar-refractivity contribution in [2.24, 2.45) is 5.92 Å². The molecule has 0 aliphatic carbocycles. The average molecular weight is 277 g/mol. The number of hydrogen-bond donors (Lipinski definition) is 1. The third-order valence-electron chi connectivity index (χ3n) is 3.86. The summed E-state index contributed by atoms with van der Waals surface area (Å²) in [5.41, 5.74) is 2.27. The van der Waals surface area contributed by atoms with Gasteiger partial charge >= 0.3 is 0 Å². The van der Waals surface area contributed by atoms with Crippen LogP contribution in [0.4, 0.5) is 0 Å². The minimum atomic E-state index is -0.434. The molecule has 2 atom stereocenters. The van der Waals surface area contributed by atoms with Crippen LogP contribution in [0.15, 0.2) is 18.2 Å². The van der Waals surface area contributed by atoms with Crippen molar-refractivity contribution in [1.29, 1.82) is 0 Å². The van der Waals surface area contributed by atoms with Gasteiger partial charge < -0.3 is 10.1 Å². The lowest BCUT2D eigenvalue weighted by Gasteiger charge is -2.23. The smallest absolute Gasteiger partial charge is 0.261 e. The summed E-state index contributed by atoms with van der Waals surface area (Å²) in [5, 5.41) is 3.02. The van der Waals surface area contributed by atoms with E-state index in [1.807, 2.05) is 45.9 Å². The number of nitrogens with one attached hydrogen (secondary N) is 1. The minimum absolute atomic E-state index is 0.0328. The average Bonchev–Trinajstić information content (AvgIpc) is 2.40. The summed E-state index contributed by atoms with van der Waals surface area (Å²) in [6.45, 7) is 12.2. The lowest BCUT2D eigenvalue weighted by Crippen LogP contribution is -2.44. The van der Waals surface area contributed by atoms with Crippen LogP contribution in [0.3, 0.4) is 0 Å². The zero-order valence-electron chi connectivity index (χ0n) is 13.5. The molecule has 0 radical (unpaired) electrons. The van der Waals surface area contributed by atoms with Crippen molar-refractivity contribution in [2.75, 3.05) is 0 Å². The van der Waals surface area contributed by atoms with Gasteiger partial charge in [-0.1, -0.05) is 32.9 Å². The highest BCUT2D eigenvalue weighted by Crippen LogP contribution is 2.22. The number of rotatable bonds is 6. The Labute approximate surface area is 122 Å². The molecular formula is C17H27NO2. The van der Waals surface area contributed by atoms with Gasteiger partial charge in [0.25, 0.3) is 5.91 Å². The van der Waals surface area contributed by atoms with Gasteiger partial charge in [-0.3, -0.25) is 4.79 Å². The molecule has 1 aromatic carbocycles. The summed E-state index contributed by atoms with van der Waals surface area (Å²) >= 11 is 0. The van der Waals surface area contributed by atoms with Crippen LogP contribution in [0.5, 0.6) is 5.75 Å². The Morgan fingerprint density at radius 2 is 1.90 bits per heavy atom. The fourth-order valence-electron chi connectivity index (χ4n) is 1.81. The van der Waals surface area contributed by atoms with E-state index in [4.69, 9.17) is 4.74 Å². The van der Waals surface area contributed by atoms with Gasteiger partial charge in [-0.25, -0.2) is 0 Å². The van der Waals surface area contributed by atoms with Crippen molar-refractivity contribution >= 4 is 5.91 Å². The third kappa shape index (κ3) is 4.26. The fraction of sp³-hybridized carbons (Fsp3) is 0.588. The number of carbonyl (C=O) groups is 1. The number of carbonyl (C=O) groups excluding carboxylic acids is 1. The van der Waals surface area contributed by atoms with E-state index in [2.05, 4.69) is 19.2 Å². The molecule has 20 heavy (non-hydrogen) atoms. The van der Waals surface area contributed by atoms with Crippen molar-refractivity contribution in [2.45, 2.75) is 60.1 Å². The lowest BCUT2D eigenvalue weighted by molar-refractivity contribution is -0.129. The van der Waals surface area contributed by atoms with Crippen molar-refractivity contribution < 1.29 is 9.53 Å². The van der Waals surface area contributed by atoms with E-state index in [-0.39, 0.29) is 11.9 Å². The predicted molar refractivity (Wildman–Crippen MR) is 83.1 cm³/mol. The van der Waals surface area contributed by atoms with Crippen LogP contribution < -0.4 is 10.1 Å². The topological polar surface area (TPSA) is 38.3 Å². The third-order valence-corrected chi connectivity index (χ3v) is 3.86. The molecule has 0 heterocycles. The SMILES string of the molecule is CC[C@@H](Oc1cccc(C)c1C)C(=O)N[C@@H](C)C(C)C. The first-order valence-corrected chi connectivity index (χ1v) is 7.40. The molecule has 1 aromatic rings. The first kappa shape index (κ1) is 16.5. The van der Waals surface area contributed by atoms with Crippen LogP contribution >= 0.6 is 0 Å². The van der Waals surface area contributed by atoms with Gasteiger partial charge in [-0.2, -0.15) is 0 Å². The van der Waals surface area contributed by atoms with Crippen LogP contribution in [-0.2, 0) is 4.79 Å². The number of aryl methyl sites for hydroxylation is 1. The van der Waals surface area contributed by atoms with Gasteiger partial charge in [0.05, 0.1) is 0 Å². The summed E-state index contributed by atoms with van der Waals surface area (Å²) in [7, 11) is 0. The van der Waals surface area contributed by atoms with Gasteiger partial charge in [0, 0.05) is 6.04 Å². The highest BCUT2D eigenvalue weighted by Gasteiger charge is 2.21. The molecule has 0 saturated heterocycles. The van der Waals surface area contributed by atoms with E-state index in [1.54, 1.807) is 0 Å². The molecular weight excluding hydrogens is 250 g/mol. The maximum Gasteiger partial charge on any atom is 0.261 e. The molecule has 3 heteroatoms. The molecule has 1 N–H and O–H groups in total. The first-order chi connectivity index (χ1) is 9.36. The summed E-state index contributed by atoms with van der Waals surface area (Å²) < 4.78 is 5.91. The number of benzene rings is 1. The maximum atomic E-state index is 12.3. The lowest BCUT2D eigenvalue weighted by atomic mass is 10.1. The highest BCUT2D eigenvalue weighted by atomic mass is 16.5. The second-order valence-corrected chi connectivity index (χ2v) is 5.75. The Morgan fingerprint density at radius 1 is 1.25 bits per heavy atom. The Hall–Kier alpha value is -1.51. The second kappa shape index (κ2) is 7.32. The summed E-state index contributed by atoms with van der Waals surface area (Å²) in [4.78, 5) is 12.3. The van der Waals surface area contributed by atoms with Gasteiger partial charge in [-0.05, 0) is 50.3 Å². The molecule has 1 rings (SSSR count). The quantitative estimate of drug-likeness (QED) is 0.862. The van der Waals surface area contributed by atoms with E-state index in [0.717, 1.165) is 11.3 Å². The van der Waals surface area contributed by atoms with Gasteiger partial charge in [0.1, 0.15) is 5.75 Å². The molecule has 3 nitrogen and oxygen atoms in total. The molecule has 0 aliphatic rings. The molecule has 0 unspecified atom stereocenters. The van der Waals surface area contributed by atoms with Crippen molar-refractivity contribution in [3.8, 4) is 5.75 Å². The van der Waals surface area contributed by atoms with E-state index in [0.29, 0.717) is 12.3 Å². The van der Waals surface area contributed by atoms with Crippen LogP contribution in [0, 0.1) is 19.8 Å². The number of hydrogen-bond acceptors (Lipinski definition) is 2. The maximum absolute atomic E-state index is 12.3. The fourth-order valence-corrected chi connectivity index (χ4v) is 1.81. The molecule has 0 saturated carbocycles. The summed E-state index contributed by atoms with van der Waals surface area (Å²) in [6, 6.07) is 6.08. The minimum Gasteiger partial charge on any atom is -0.480 e. The molecule has 1 amide bonds. The van der Waals surface area contributed by atoms with Gasteiger partial charge in [-0.15, -0.1) is 0 Å². The van der Waals surface area contributed by atoms with Gasteiger partial charge in [0.2, 0.25) is 0 Å². The van der Waals surface area contributed by atoms with E-state index in [1.165, 1.54) is 5.56 Å². The van der Waals surface area contributed by atoms with E-state index >= 15 is 0 Å². The molecule has 0 aromatic heterocycles. The van der Waals surface area contributed by atoms with Crippen LogP contribution in [-0.4, -0.2) is 18.1 Å². The van der Waals surface area contributed by atoms with Crippen molar-refractivity contribution in [3.05, 3.63) is 29.3 Å². The van der Waals surface area contributed by atoms with Crippen LogP contribution in [0.2, 0.25) is 0 Å². The monoisotopic (exact) mass is 277 g/mol. The number of amides is 1. The molecule has 112 valence electrons. The largest absolute Gasteiger partial charge is 0.480 e. The second-order valence-electron chi connectivity index (χ2n) is 5.75. The zero-order chi connectivity index (χ0) is 15.3. The molecule has 0 aliphatic heterocycles. The summed E-state index contributed by atoms with van der Waals surface area (Å²) in [6.07, 6.45) is 0.223. The normalized spacial score (nSPS) is 13.9. The highest BCUT2D eigenvalue weighted by molar-refractivity contribution is 5.81. The van der Waals surface area contributed by atoms with Crippen LogP contribution in [0.25, 0.3) is 0 Å². The Morgan fingerprint density at radius 3 is 2.45 bits per heavy atom. The van der Waals surface area contributed by atoms with Crippen molar-refractivity contribution in [3.63, 3.8) is 0 Å². The Kier molecular flexibility index (Phi) is 6.05. The molecule has 0 fully saturated rings. The predicted octanol–water partition coefficient (Wildman–Crippen LogP) is 3.62. The Bertz CT molecular complexity index is 454. The van der Waals surface area contributed by atoms with Crippen molar-refractivity contribution in [1.82, 2.24) is 5.32 Å². The first-order valence-electron chi connectivity index (χ1n) is 7.40. The van der Waals surface area contributed by atoms with E-state index in [9.17, 15) is 4.79 Å². The van der Waals surface area contributed by atoms with E-state index < -0.39 is 6.10 Å². The summed E-state index contributed by atoms with van der Waals surface area (Å²) in [5.74, 6) is 1.18. The zero-order valence-corrected chi connectivity index (χ0v) is 13.5. The Balaban J connectivity index is 2.76. The molecule has 0 spiro atoms.